The van der Waals surface area contributed by atoms with E-state index in [1.54, 1.807) is 0 Å². The van der Waals surface area contributed by atoms with Crippen LogP contribution < -0.4 is 11.1 Å². The molecule has 2 rings (SSSR count). The van der Waals surface area contributed by atoms with E-state index in [0.717, 1.165) is 31.2 Å². The van der Waals surface area contributed by atoms with Crippen LogP contribution in [0.3, 0.4) is 0 Å². The van der Waals surface area contributed by atoms with Crippen molar-refractivity contribution in [2.45, 2.75) is 50.5 Å². The van der Waals surface area contributed by atoms with E-state index in [2.05, 4.69) is 19.2 Å². The second-order valence-corrected chi connectivity index (χ2v) is 6.28. The Morgan fingerprint density at radius 2 is 1.85 bits per heavy atom. The fraction of sp³-hybridized carbons (Fsp3) is 0.562. The van der Waals surface area contributed by atoms with Gasteiger partial charge >= 0.3 is 0 Å². The average molecular weight is 295 g/mol. The molecule has 0 atom stereocenters. The summed E-state index contributed by atoms with van der Waals surface area (Å²) < 4.78 is 0. The Hall–Kier alpha value is -1.06. The largest absolute Gasteiger partial charge is 0.353 e. The molecule has 0 spiro atoms. The minimum absolute atomic E-state index is 0.0940. The minimum Gasteiger partial charge on any atom is -0.353 e. The van der Waals surface area contributed by atoms with E-state index in [9.17, 15) is 4.79 Å². The minimum atomic E-state index is -0.354. The molecule has 110 valence electrons. The summed E-state index contributed by atoms with van der Waals surface area (Å²) in [6, 6.07) is 7.58. The molecule has 1 aromatic carbocycles. The molecule has 1 fully saturated rings. The number of hydrogen-bond donors (Lipinski definition) is 2. The van der Waals surface area contributed by atoms with Gasteiger partial charge in [0.05, 0.1) is 5.41 Å². The third-order valence-electron chi connectivity index (χ3n) is 4.59. The predicted molar refractivity (Wildman–Crippen MR) is 82.9 cm³/mol. The zero-order valence-corrected chi connectivity index (χ0v) is 13.0. The van der Waals surface area contributed by atoms with Gasteiger partial charge in [0.2, 0.25) is 5.91 Å². The first-order valence-corrected chi connectivity index (χ1v) is 7.67. The van der Waals surface area contributed by atoms with Crippen molar-refractivity contribution in [1.29, 1.82) is 0 Å². The van der Waals surface area contributed by atoms with Crippen LogP contribution in [0.15, 0.2) is 24.3 Å². The van der Waals surface area contributed by atoms with Gasteiger partial charge in [-0.1, -0.05) is 37.6 Å². The lowest BCUT2D eigenvalue weighted by molar-refractivity contribution is -0.123. The van der Waals surface area contributed by atoms with Crippen LogP contribution in [0, 0.1) is 0 Å². The summed E-state index contributed by atoms with van der Waals surface area (Å²) in [7, 11) is 0. The zero-order valence-electron chi connectivity index (χ0n) is 12.2. The lowest BCUT2D eigenvalue weighted by atomic mass is 9.92. The fourth-order valence-corrected chi connectivity index (χ4v) is 2.59. The zero-order chi connectivity index (χ0) is 14.8. The topological polar surface area (TPSA) is 55.1 Å². The molecule has 1 aliphatic carbocycles. The van der Waals surface area contributed by atoms with Crippen LogP contribution in [-0.4, -0.2) is 18.0 Å². The molecule has 0 bridgehead atoms. The molecule has 0 unspecified atom stereocenters. The van der Waals surface area contributed by atoms with Gasteiger partial charge in [-0.15, -0.1) is 0 Å². The molecule has 1 aliphatic rings. The second-order valence-electron chi connectivity index (χ2n) is 5.84. The van der Waals surface area contributed by atoms with Gasteiger partial charge in [-0.25, -0.2) is 0 Å². The Bertz CT molecular complexity index is 476. The van der Waals surface area contributed by atoms with Gasteiger partial charge in [0.1, 0.15) is 0 Å². The van der Waals surface area contributed by atoms with Crippen LogP contribution in [0.4, 0.5) is 0 Å². The molecule has 20 heavy (non-hydrogen) atoms. The summed E-state index contributed by atoms with van der Waals surface area (Å²) in [4.78, 5) is 12.5. The summed E-state index contributed by atoms with van der Waals surface area (Å²) in [5, 5.41) is 3.74. The van der Waals surface area contributed by atoms with Crippen molar-refractivity contribution in [2.75, 3.05) is 6.54 Å². The maximum atomic E-state index is 12.5. The van der Waals surface area contributed by atoms with Crippen molar-refractivity contribution in [1.82, 2.24) is 5.32 Å². The van der Waals surface area contributed by atoms with Crippen LogP contribution in [0.5, 0.6) is 0 Å². The number of nitrogens with one attached hydrogen (secondary N) is 1. The van der Waals surface area contributed by atoms with Gasteiger partial charge in [-0.05, 0) is 43.4 Å². The molecule has 3 N–H and O–H groups in total. The van der Waals surface area contributed by atoms with Crippen molar-refractivity contribution in [3.63, 3.8) is 0 Å². The van der Waals surface area contributed by atoms with Crippen molar-refractivity contribution in [3.05, 3.63) is 34.9 Å². The van der Waals surface area contributed by atoms with Gasteiger partial charge in [-0.3, -0.25) is 4.79 Å². The molecule has 3 nitrogen and oxygen atoms in total. The first-order chi connectivity index (χ1) is 9.46. The Balaban J connectivity index is 2.04. The predicted octanol–water partition coefficient (Wildman–Crippen LogP) is 3.01. The number of amides is 1. The highest BCUT2D eigenvalue weighted by Crippen LogP contribution is 2.48. The van der Waals surface area contributed by atoms with E-state index in [0.29, 0.717) is 11.6 Å². The second kappa shape index (κ2) is 5.74. The van der Waals surface area contributed by atoms with Crippen molar-refractivity contribution in [3.8, 4) is 0 Å². The Morgan fingerprint density at radius 1 is 1.30 bits per heavy atom. The molecular weight excluding hydrogens is 272 g/mol. The average Bonchev–Trinajstić information content (AvgIpc) is 3.27. The van der Waals surface area contributed by atoms with Crippen molar-refractivity contribution >= 4 is 17.5 Å². The van der Waals surface area contributed by atoms with Crippen LogP contribution >= 0.6 is 11.6 Å². The standard InChI is InChI=1S/C16H23ClN2O/c1-3-15(18,4-2)11-19-14(20)16(9-10-16)12-5-7-13(17)8-6-12/h5-8H,3-4,9-11,18H2,1-2H3,(H,19,20). The molecule has 1 aromatic rings. The molecule has 4 heteroatoms. The molecule has 1 amide bonds. The van der Waals surface area contributed by atoms with Gasteiger partial charge < -0.3 is 11.1 Å². The van der Waals surface area contributed by atoms with Gasteiger partial charge in [0.25, 0.3) is 0 Å². The Kier molecular flexibility index (Phi) is 4.40. The van der Waals surface area contributed by atoms with Crippen LogP contribution in [0.2, 0.25) is 5.02 Å². The number of halogens is 1. The number of carbonyl (C=O) groups excluding carboxylic acids is 1. The Labute approximate surface area is 125 Å². The lowest BCUT2D eigenvalue weighted by Crippen LogP contribution is -2.51. The summed E-state index contributed by atoms with van der Waals surface area (Å²) in [5.74, 6) is 0.0940. The van der Waals surface area contributed by atoms with Crippen LogP contribution in [0.25, 0.3) is 0 Å². The van der Waals surface area contributed by atoms with Crippen molar-refractivity contribution < 1.29 is 4.79 Å². The monoisotopic (exact) mass is 294 g/mol. The molecule has 1 saturated carbocycles. The summed E-state index contributed by atoms with van der Waals surface area (Å²) in [6.45, 7) is 4.65. The number of carbonyl (C=O) groups is 1. The van der Waals surface area contributed by atoms with E-state index >= 15 is 0 Å². The fourth-order valence-electron chi connectivity index (χ4n) is 2.47. The number of nitrogens with two attached hydrogens (primary N) is 1. The maximum absolute atomic E-state index is 12.5. The maximum Gasteiger partial charge on any atom is 0.230 e. The summed E-state index contributed by atoms with van der Waals surface area (Å²) in [6.07, 6.45) is 3.52. The van der Waals surface area contributed by atoms with E-state index in [-0.39, 0.29) is 16.9 Å². The SMILES string of the molecule is CCC(N)(CC)CNC(=O)C1(c2ccc(Cl)cc2)CC1. The third kappa shape index (κ3) is 2.99. The smallest absolute Gasteiger partial charge is 0.230 e. The molecular formula is C16H23ClN2O. The quantitative estimate of drug-likeness (QED) is 0.847. The molecule has 0 aliphatic heterocycles. The van der Waals surface area contributed by atoms with Crippen LogP contribution in [0.1, 0.15) is 45.1 Å². The van der Waals surface area contributed by atoms with Crippen LogP contribution in [-0.2, 0) is 10.2 Å². The molecule has 0 heterocycles. The Morgan fingerprint density at radius 3 is 2.30 bits per heavy atom. The lowest BCUT2D eigenvalue weighted by Gasteiger charge is -2.28. The van der Waals surface area contributed by atoms with E-state index < -0.39 is 0 Å². The van der Waals surface area contributed by atoms with E-state index in [4.69, 9.17) is 17.3 Å². The molecule has 0 aromatic heterocycles. The highest BCUT2D eigenvalue weighted by molar-refractivity contribution is 6.30. The number of hydrogen-bond acceptors (Lipinski definition) is 2. The number of rotatable bonds is 6. The molecule has 0 saturated heterocycles. The third-order valence-corrected chi connectivity index (χ3v) is 4.84. The van der Waals surface area contributed by atoms with Gasteiger partial charge in [-0.2, -0.15) is 0 Å². The normalized spacial score (nSPS) is 16.8. The summed E-state index contributed by atoms with van der Waals surface area (Å²) >= 11 is 5.90. The van der Waals surface area contributed by atoms with Crippen molar-refractivity contribution in [2.24, 2.45) is 5.73 Å². The van der Waals surface area contributed by atoms with E-state index in [1.807, 2.05) is 24.3 Å². The van der Waals surface area contributed by atoms with Gasteiger partial charge in [0, 0.05) is 17.1 Å². The first kappa shape index (κ1) is 15.3. The summed E-state index contributed by atoms with van der Waals surface area (Å²) in [5.41, 5.74) is 6.63. The molecule has 0 radical (unpaired) electrons. The van der Waals surface area contributed by atoms with E-state index in [1.165, 1.54) is 0 Å². The highest BCUT2D eigenvalue weighted by Gasteiger charge is 2.51. The first-order valence-electron chi connectivity index (χ1n) is 7.29. The highest BCUT2D eigenvalue weighted by atomic mass is 35.5. The number of benzene rings is 1. The van der Waals surface area contributed by atoms with Gasteiger partial charge in [0.15, 0.2) is 0 Å².